The third-order valence-electron chi connectivity index (χ3n) is 5.24. The Bertz CT molecular complexity index is 1010. The van der Waals surface area contributed by atoms with Gasteiger partial charge in [0.25, 0.3) is 5.91 Å². The molecule has 170 valence electrons. The summed E-state index contributed by atoms with van der Waals surface area (Å²) in [6, 6.07) is 4.79. The lowest BCUT2D eigenvalue weighted by atomic mass is 9.92. The van der Waals surface area contributed by atoms with Crippen LogP contribution >= 0.6 is 0 Å². The van der Waals surface area contributed by atoms with Gasteiger partial charge in [-0.3, -0.25) is 14.5 Å². The molecule has 2 N–H and O–H groups in total. The standard InChI is InChI=1S/C20H27N3O7S/c1-6-11-19(2,17(26)30-4)21-15(24)12-23-16(25)20(3,22-18(23)27)13-7-9-14(10-8-13)31(5,28)29/h7-10H,6,11-12H2,1-5H3,(H,21,24)(H,22,27)/t19-,20+/m0/s1. The van der Waals surface area contributed by atoms with Gasteiger partial charge < -0.3 is 15.4 Å². The third-order valence-corrected chi connectivity index (χ3v) is 6.37. The molecule has 1 heterocycles. The Labute approximate surface area is 181 Å². The number of esters is 1. The van der Waals surface area contributed by atoms with Gasteiger partial charge in [-0.2, -0.15) is 0 Å². The van der Waals surface area contributed by atoms with Gasteiger partial charge in [0.15, 0.2) is 9.84 Å². The highest BCUT2D eigenvalue weighted by molar-refractivity contribution is 7.90. The molecule has 1 aliphatic rings. The minimum Gasteiger partial charge on any atom is -0.467 e. The highest BCUT2D eigenvalue weighted by Crippen LogP contribution is 2.29. The number of amides is 4. The van der Waals surface area contributed by atoms with Gasteiger partial charge in [0.05, 0.1) is 12.0 Å². The van der Waals surface area contributed by atoms with Crippen molar-refractivity contribution < 1.29 is 32.3 Å². The molecule has 0 aliphatic carbocycles. The Hall–Kier alpha value is -2.95. The Kier molecular flexibility index (Phi) is 6.79. The van der Waals surface area contributed by atoms with Crippen LogP contribution in [0, 0.1) is 0 Å². The van der Waals surface area contributed by atoms with E-state index in [9.17, 15) is 27.6 Å². The van der Waals surface area contributed by atoms with Crippen LogP contribution in [-0.2, 0) is 34.5 Å². The first-order valence-electron chi connectivity index (χ1n) is 9.62. The number of nitrogens with zero attached hydrogens (tertiary/aromatic N) is 1. The smallest absolute Gasteiger partial charge is 0.331 e. The van der Waals surface area contributed by atoms with E-state index in [2.05, 4.69) is 10.6 Å². The molecule has 31 heavy (non-hydrogen) atoms. The van der Waals surface area contributed by atoms with Crippen LogP contribution in [0.5, 0.6) is 0 Å². The zero-order valence-corrected chi connectivity index (χ0v) is 19.0. The van der Waals surface area contributed by atoms with Crippen LogP contribution in [0.25, 0.3) is 0 Å². The second-order valence-electron chi connectivity index (χ2n) is 7.86. The van der Waals surface area contributed by atoms with E-state index in [1.54, 1.807) is 0 Å². The van der Waals surface area contributed by atoms with E-state index in [1.807, 2.05) is 6.92 Å². The van der Waals surface area contributed by atoms with Crippen LogP contribution < -0.4 is 10.6 Å². The molecule has 11 heteroatoms. The largest absolute Gasteiger partial charge is 0.467 e. The van der Waals surface area contributed by atoms with Crippen LogP contribution in [0.4, 0.5) is 4.79 Å². The lowest BCUT2D eigenvalue weighted by Crippen LogP contribution is -2.55. The first-order chi connectivity index (χ1) is 14.3. The maximum atomic E-state index is 13.0. The molecular weight excluding hydrogens is 426 g/mol. The second-order valence-corrected chi connectivity index (χ2v) is 9.88. The zero-order chi connectivity index (χ0) is 23.6. The number of urea groups is 1. The van der Waals surface area contributed by atoms with Crippen molar-refractivity contribution in [1.29, 1.82) is 0 Å². The molecule has 1 aliphatic heterocycles. The van der Waals surface area contributed by atoms with E-state index in [-0.39, 0.29) is 4.90 Å². The first-order valence-corrected chi connectivity index (χ1v) is 11.5. The van der Waals surface area contributed by atoms with Crippen LogP contribution in [-0.4, -0.2) is 62.6 Å². The molecule has 1 fully saturated rings. The molecule has 2 rings (SSSR count). The molecule has 10 nitrogen and oxygen atoms in total. The minimum absolute atomic E-state index is 0.0749. The summed E-state index contributed by atoms with van der Waals surface area (Å²) in [7, 11) is -2.21. The summed E-state index contributed by atoms with van der Waals surface area (Å²) < 4.78 is 28.0. The number of benzene rings is 1. The summed E-state index contributed by atoms with van der Waals surface area (Å²) in [5.41, 5.74) is -2.39. The van der Waals surface area contributed by atoms with Crippen LogP contribution in [0.2, 0.25) is 0 Å². The first kappa shape index (κ1) is 24.3. The molecule has 0 unspecified atom stereocenters. The van der Waals surface area contributed by atoms with Crippen molar-refractivity contribution in [3.05, 3.63) is 29.8 Å². The Balaban J connectivity index is 2.21. The number of hydrogen-bond donors (Lipinski definition) is 2. The quantitative estimate of drug-likeness (QED) is 0.436. The molecule has 0 saturated carbocycles. The fourth-order valence-corrected chi connectivity index (χ4v) is 4.13. The number of carbonyl (C=O) groups excluding carboxylic acids is 4. The second kappa shape index (κ2) is 8.66. The van der Waals surface area contributed by atoms with Crippen LogP contribution in [0.3, 0.4) is 0 Å². The summed E-state index contributed by atoms with van der Waals surface area (Å²) in [4.78, 5) is 50.9. The normalized spacial score (nSPS) is 20.7. The van der Waals surface area contributed by atoms with Gasteiger partial charge in [-0.25, -0.2) is 18.0 Å². The van der Waals surface area contributed by atoms with Crippen molar-refractivity contribution in [1.82, 2.24) is 15.5 Å². The Morgan fingerprint density at radius 2 is 1.81 bits per heavy atom. The lowest BCUT2D eigenvalue weighted by molar-refractivity contribution is -0.150. The summed E-state index contributed by atoms with van der Waals surface area (Å²) in [5, 5.41) is 5.10. The van der Waals surface area contributed by atoms with Gasteiger partial charge in [0, 0.05) is 6.26 Å². The summed E-state index contributed by atoms with van der Waals surface area (Å²) >= 11 is 0. The van der Waals surface area contributed by atoms with Gasteiger partial charge >= 0.3 is 12.0 Å². The number of ether oxygens (including phenoxy) is 1. The number of methoxy groups -OCH3 is 1. The van der Waals surface area contributed by atoms with E-state index in [0.29, 0.717) is 18.4 Å². The number of hydrogen-bond acceptors (Lipinski definition) is 7. The minimum atomic E-state index is -3.42. The van der Waals surface area contributed by atoms with Crippen molar-refractivity contribution in [2.45, 2.75) is 49.6 Å². The molecule has 1 aromatic rings. The summed E-state index contributed by atoms with van der Waals surface area (Å²) in [5.74, 6) is -1.99. The molecule has 2 atom stereocenters. The third kappa shape index (κ3) is 4.87. The Morgan fingerprint density at radius 1 is 1.23 bits per heavy atom. The molecule has 4 amide bonds. The van der Waals surface area contributed by atoms with Crippen molar-refractivity contribution in [2.75, 3.05) is 19.9 Å². The van der Waals surface area contributed by atoms with Gasteiger partial charge in [-0.1, -0.05) is 25.5 Å². The highest BCUT2D eigenvalue weighted by atomic mass is 32.2. The predicted octanol–water partition coefficient (Wildman–Crippen LogP) is 0.705. The predicted molar refractivity (Wildman–Crippen MR) is 111 cm³/mol. The Morgan fingerprint density at radius 3 is 2.29 bits per heavy atom. The van der Waals surface area contributed by atoms with Gasteiger partial charge in [-0.05, 0) is 38.0 Å². The molecule has 0 aromatic heterocycles. The summed E-state index contributed by atoms with van der Waals surface area (Å²) in [6.45, 7) is 4.24. The van der Waals surface area contributed by atoms with Crippen molar-refractivity contribution in [3.63, 3.8) is 0 Å². The average Bonchev–Trinajstić information content (AvgIpc) is 2.90. The maximum Gasteiger partial charge on any atom is 0.331 e. The number of carbonyl (C=O) groups is 4. The van der Waals surface area contributed by atoms with Gasteiger partial charge in [-0.15, -0.1) is 0 Å². The zero-order valence-electron chi connectivity index (χ0n) is 18.1. The fourth-order valence-electron chi connectivity index (χ4n) is 3.50. The number of nitrogens with one attached hydrogen (secondary N) is 2. The van der Waals surface area contributed by atoms with Crippen molar-refractivity contribution in [2.24, 2.45) is 0 Å². The van der Waals surface area contributed by atoms with Crippen LogP contribution in [0.15, 0.2) is 29.2 Å². The molecule has 1 saturated heterocycles. The van der Waals surface area contributed by atoms with E-state index in [0.717, 1.165) is 11.2 Å². The average molecular weight is 454 g/mol. The summed E-state index contributed by atoms with van der Waals surface area (Å²) in [6.07, 6.45) is 1.97. The van der Waals surface area contributed by atoms with E-state index in [1.165, 1.54) is 45.2 Å². The van der Waals surface area contributed by atoms with Gasteiger partial charge in [0.2, 0.25) is 5.91 Å². The monoisotopic (exact) mass is 453 g/mol. The van der Waals surface area contributed by atoms with Crippen LogP contribution in [0.1, 0.15) is 39.2 Å². The highest BCUT2D eigenvalue weighted by Gasteiger charge is 2.50. The fraction of sp³-hybridized carbons (Fsp3) is 0.500. The molecule has 0 radical (unpaired) electrons. The molecule has 0 spiro atoms. The van der Waals surface area contributed by atoms with E-state index < -0.39 is 51.3 Å². The maximum absolute atomic E-state index is 13.0. The topological polar surface area (TPSA) is 139 Å². The molecular formula is C20H27N3O7S. The molecule has 1 aromatic carbocycles. The van der Waals surface area contributed by atoms with Crippen molar-refractivity contribution in [3.8, 4) is 0 Å². The SMILES string of the molecule is CCC[C@](C)(NC(=O)CN1C(=O)N[C@](C)(c2ccc(S(C)(=O)=O)cc2)C1=O)C(=O)OC. The number of rotatable bonds is 8. The van der Waals surface area contributed by atoms with Gasteiger partial charge in [0.1, 0.15) is 17.6 Å². The van der Waals surface area contributed by atoms with E-state index >= 15 is 0 Å². The number of imide groups is 1. The van der Waals surface area contributed by atoms with Crippen molar-refractivity contribution >= 4 is 33.7 Å². The van der Waals surface area contributed by atoms with E-state index in [4.69, 9.17) is 4.74 Å². The number of sulfone groups is 1. The molecule has 0 bridgehead atoms. The lowest BCUT2D eigenvalue weighted by Gasteiger charge is -2.28.